The average Bonchev–Trinajstić information content (AvgIpc) is 3.07. The number of benzene rings is 2. The van der Waals surface area contributed by atoms with Gasteiger partial charge in [-0.3, -0.25) is 13.8 Å². The van der Waals surface area contributed by atoms with Crippen molar-refractivity contribution in [2.24, 2.45) is 0 Å². The molecule has 0 fully saturated rings. The van der Waals surface area contributed by atoms with Gasteiger partial charge in [0, 0.05) is 12.0 Å². The summed E-state index contributed by atoms with van der Waals surface area (Å²) in [5.74, 6) is 1.28. The number of phosphoric acid groups is 1. The van der Waals surface area contributed by atoms with Gasteiger partial charge in [-0.2, -0.15) is 0 Å². The molecule has 9 nitrogen and oxygen atoms in total. The van der Waals surface area contributed by atoms with E-state index in [2.05, 4.69) is 0 Å². The van der Waals surface area contributed by atoms with Crippen LogP contribution in [0.15, 0.2) is 23.8 Å². The second-order valence-corrected chi connectivity index (χ2v) is 13.0. The Hall–Kier alpha value is -2.84. The van der Waals surface area contributed by atoms with Gasteiger partial charge < -0.3 is 19.9 Å². The van der Waals surface area contributed by atoms with Gasteiger partial charge in [0.05, 0.1) is 36.7 Å². The number of aryl methyl sites for hydroxylation is 2. The third kappa shape index (κ3) is 7.42. The number of methoxy groups -OCH3 is 2. The molecule has 3 rings (SSSR count). The number of fused-ring (bicyclic) bond motifs is 1. The number of hydrogen-bond donors (Lipinski definition) is 1. The molecule has 1 aliphatic carbocycles. The highest BCUT2D eigenvalue weighted by Crippen LogP contribution is 2.55. The highest BCUT2D eigenvalue weighted by molar-refractivity contribution is 7.48. The number of carbonyl (C=O) groups is 1. The van der Waals surface area contributed by atoms with Crippen LogP contribution in [-0.2, 0) is 24.6 Å². The van der Waals surface area contributed by atoms with Crippen LogP contribution in [0.5, 0.6) is 17.2 Å². The summed E-state index contributed by atoms with van der Waals surface area (Å²) in [6.07, 6.45) is 2.28. The number of anilines is 1. The summed E-state index contributed by atoms with van der Waals surface area (Å²) in [7, 11) is -0.887. The Kier molecular flexibility index (Phi) is 8.92. The molecule has 0 amide bonds. The van der Waals surface area contributed by atoms with Crippen molar-refractivity contribution in [2.75, 3.05) is 26.7 Å². The first-order valence-electron chi connectivity index (χ1n) is 12.7. The third-order valence-corrected chi connectivity index (χ3v) is 7.66. The summed E-state index contributed by atoms with van der Waals surface area (Å²) in [5, 5.41) is 0. The number of nitrogens with two attached hydrogens (primary N) is 1. The molecule has 2 N–H and O–H groups in total. The van der Waals surface area contributed by atoms with Gasteiger partial charge >= 0.3 is 7.82 Å². The standard InChI is InChI=1S/C29H40NO8P/c1-17-11-19(13-21-14-20-15-22(33-9)27(34-10)24(30)23(20)25(21)31)12-18(2)26(17)35-16-36-39(32,37-28(3,4)5)38-29(6,7)8/h11-13,15H,14,16,30H2,1-10H3/b21-13+. The first kappa shape index (κ1) is 30.7. The highest BCUT2D eigenvalue weighted by Gasteiger charge is 2.37. The second-order valence-electron chi connectivity index (χ2n) is 11.5. The maximum Gasteiger partial charge on any atom is 0.478 e. The molecule has 2 aromatic carbocycles. The van der Waals surface area contributed by atoms with Crippen LogP contribution in [0.3, 0.4) is 0 Å². The lowest BCUT2D eigenvalue weighted by Gasteiger charge is -2.30. The average molecular weight is 562 g/mol. The van der Waals surface area contributed by atoms with Crippen molar-refractivity contribution < 1.29 is 37.1 Å². The lowest BCUT2D eigenvalue weighted by molar-refractivity contribution is -0.0191. The smallest absolute Gasteiger partial charge is 0.478 e. The van der Waals surface area contributed by atoms with Crippen LogP contribution in [-0.4, -0.2) is 38.0 Å². The van der Waals surface area contributed by atoms with E-state index in [1.807, 2.05) is 32.1 Å². The topological polar surface area (TPSA) is 116 Å². The molecular formula is C29H40NO8P. The maximum atomic E-state index is 13.3. The number of nitrogen functional groups attached to an aromatic ring is 1. The number of ether oxygens (including phenoxy) is 3. The van der Waals surface area contributed by atoms with Gasteiger partial charge in [0.15, 0.2) is 24.1 Å². The van der Waals surface area contributed by atoms with Gasteiger partial charge in [-0.05, 0) is 102 Å². The van der Waals surface area contributed by atoms with Crippen LogP contribution in [0.1, 0.15) is 74.2 Å². The SMILES string of the molecule is COc1cc2c(c(N)c1OC)C(=O)/C(=C/c1cc(C)c(OCOP(=O)(OC(C)(C)C)OC(C)(C)C)c(C)c1)C2. The maximum absolute atomic E-state index is 13.3. The molecule has 0 spiro atoms. The number of ketones is 1. The highest BCUT2D eigenvalue weighted by atomic mass is 31.2. The van der Waals surface area contributed by atoms with Crippen molar-refractivity contribution >= 4 is 25.4 Å². The first-order valence-corrected chi connectivity index (χ1v) is 14.1. The van der Waals surface area contributed by atoms with Crippen molar-refractivity contribution in [1.29, 1.82) is 0 Å². The van der Waals surface area contributed by atoms with Crippen molar-refractivity contribution in [3.63, 3.8) is 0 Å². The molecule has 0 heterocycles. The fourth-order valence-electron chi connectivity index (χ4n) is 4.44. The van der Waals surface area contributed by atoms with Crippen LogP contribution in [0, 0.1) is 13.8 Å². The molecular weight excluding hydrogens is 521 g/mol. The van der Waals surface area contributed by atoms with Crippen LogP contribution in [0.4, 0.5) is 5.69 Å². The summed E-state index contributed by atoms with van der Waals surface area (Å²) in [6, 6.07) is 5.61. The van der Waals surface area contributed by atoms with Crippen LogP contribution < -0.4 is 19.9 Å². The number of hydrogen-bond acceptors (Lipinski definition) is 9. The number of Topliss-reactive ketones (excluding diaryl/α,β-unsaturated/α-hetero) is 1. The number of carbonyl (C=O) groups excluding carboxylic acids is 1. The predicted octanol–water partition coefficient (Wildman–Crippen LogP) is 6.82. The fraction of sp³-hybridized carbons (Fsp3) is 0.483. The van der Waals surface area contributed by atoms with Gasteiger partial charge in [-0.25, -0.2) is 9.09 Å². The van der Waals surface area contributed by atoms with E-state index >= 15 is 0 Å². The number of rotatable bonds is 9. The zero-order valence-corrected chi connectivity index (χ0v) is 25.4. The van der Waals surface area contributed by atoms with Crippen LogP contribution in [0.2, 0.25) is 0 Å². The molecule has 10 heteroatoms. The molecule has 0 atom stereocenters. The Labute approximate surface area is 231 Å². The Morgan fingerprint density at radius 2 is 1.49 bits per heavy atom. The molecule has 39 heavy (non-hydrogen) atoms. The summed E-state index contributed by atoms with van der Waals surface area (Å²) in [4.78, 5) is 13.2. The molecule has 0 aliphatic heterocycles. The predicted molar refractivity (Wildman–Crippen MR) is 152 cm³/mol. The van der Waals surface area contributed by atoms with Crippen LogP contribution >= 0.6 is 7.82 Å². The summed E-state index contributed by atoms with van der Waals surface area (Å²) in [6.45, 7) is 14.1. The van der Waals surface area contributed by atoms with Crippen molar-refractivity contribution in [2.45, 2.75) is 73.0 Å². The van der Waals surface area contributed by atoms with E-state index in [0.29, 0.717) is 34.8 Å². The van der Waals surface area contributed by atoms with Crippen molar-refractivity contribution in [3.8, 4) is 17.2 Å². The second kappa shape index (κ2) is 11.3. The Morgan fingerprint density at radius 1 is 0.923 bits per heavy atom. The lowest BCUT2D eigenvalue weighted by atomic mass is 10.0. The van der Waals surface area contributed by atoms with E-state index in [-0.39, 0.29) is 18.3 Å². The van der Waals surface area contributed by atoms with Gasteiger partial charge in [-0.1, -0.05) is 0 Å². The molecule has 214 valence electrons. The first-order chi connectivity index (χ1) is 18.0. The molecule has 0 bridgehead atoms. The van der Waals surface area contributed by atoms with Crippen molar-refractivity contribution in [1.82, 2.24) is 0 Å². The summed E-state index contributed by atoms with van der Waals surface area (Å²) in [5.41, 5.74) is 9.37. The van der Waals surface area contributed by atoms with Gasteiger partial charge in [-0.15, -0.1) is 0 Å². The zero-order valence-electron chi connectivity index (χ0n) is 24.5. The van der Waals surface area contributed by atoms with E-state index in [1.54, 1.807) is 47.6 Å². The summed E-state index contributed by atoms with van der Waals surface area (Å²) < 4.78 is 46.7. The largest absolute Gasteiger partial charge is 0.493 e. The number of allylic oxidation sites excluding steroid dienone is 1. The third-order valence-electron chi connectivity index (χ3n) is 5.70. The van der Waals surface area contributed by atoms with E-state index in [9.17, 15) is 9.36 Å². The van der Waals surface area contributed by atoms with E-state index in [0.717, 1.165) is 22.3 Å². The quantitative estimate of drug-likeness (QED) is 0.152. The zero-order chi connectivity index (χ0) is 29.3. The van der Waals surface area contributed by atoms with Gasteiger partial charge in [0.2, 0.25) is 0 Å². The van der Waals surface area contributed by atoms with Gasteiger partial charge in [0.1, 0.15) is 5.75 Å². The van der Waals surface area contributed by atoms with E-state index < -0.39 is 19.0 Å². The van der Waals surface area contributed by atoms with E-state index in [1.165, 1.54) is 14.2 Å². The molecule has 1 aliphatic rings. The minimum absolute atomic E-state index is 0.138. The normalized spacial score (nSPS) is 15.0. The molecule has 0 unspecified atom stereocenters. The molecule has 0 saturated heterocycles. The Balaban J connectivity index is 1.80. The molecule has 0 radical (unpaired) electrons. The van der Waals surface area contributed by atoms with E-state index in [4.69, 9.17) is 33.5 Å². The Morgan fingerprint density at radius 3 is 1.97 bits per heavy atom. The molecule has 2 aromatic rings. The monoisotopic (exact) mass is 561 g/mol. The fourth-order valence-corrected chi connectivity index (χ4v) is 6.10. The molecule has 0 aromatic heterocycles. The lowest BCUT2D eigenvalue weighted by Crippen LogP contribution is -2.25. The summed E-state index contributed by atoms with van der Waals surface area (Å²) >= 11 is 0. The van der Waals surface area contributed by atoms with Gasteiger partial charge in [0.25, 0.3) is 0 Å². The minimum Gasteiger partial charge on any atom is -0.493 e. The van der Waals surface area contributed by atoms with Crippen molar-refractivity contribution in [3.05, 3.63) is 51.6 Å². The van der Waals surface area contributed by atoms with Crippen LogP contribution in [0.25, 0.3) is 6.08 Å². The number of phosphoric ester groups is 1. The minimum atomic E-state index is -3.91. The molecule has 0 saturated carbocycles. The Bertz CT molecular complexity index is 1290.